The standard InChI is InChI=1S/C11H17NO2S/c1-3-9(7-12)15-8-11(4-5-11)6-10(13)14-2/h9H,3-6,8H2,1-2H3. The number of hydrogen-bond acceptors (Lipinski definition) is 4. The number of nitrogens with zero attached hydrogens (tertiary/aromatic N) is 1. The SMILES string of the molecule is CCC(C#N)SCC1(CC(=O)OC)CC1. The minimum atomic E-state index is -0.127. The van der Waals surface area contributed by atoms with Crippen LogP contribution in [-0.2, 0) is 9.53 Å². The topological polar surface area (TPSA) is 50.1 Å². The van der Waals surface area contributed by atoms with Crippen LogP contribution in [0.25, 0.3) is 0 Å². The van der Waals surface area contributed by atoms with Crippen molar-refractivity contribution >= 4 is 17.7 Å². The van der Waals surface area contributed by atoms with Gasteiger partial charge in [0, 0.05) is 5.75 Å². The third-order valence-corrected chi connectivity index (χ3v) is 4.43. The fraction of sp³-hybridized carbons (Fsp3) is 0.818. The van der Waals surface area contributed by atoms with Crippen LogP contribution >= 0.6 is 11.8 Å². The van der Waals surface area contributed by atoms with E-state index < -0.39 is 0 Å². The van der Waals surface area contributed by atoms with Crippen LogP contribution in [0.4, 0.5) is 0 Å². The second-order valence-electron chi connectivity index (χ2n) is 4.09. The molecule has 3 nitrogen and oxygen atoms in total. The predicted molar refractivity (Wildman–Crippen MR) is 60.5 cm³/mol. The monoisotopic (exact) mass is 227 g/mol. The maximum absolute atomic E-state index is 11.2. The Balaban J connectivity index is 2.32. The van der Waals surface area contributed by atoms with Crippen molar-refractivity contribution in [3.63, 3.8) is 0 Å². The number of nitriles is 1. The molecule has 0 amide bonds. The summed E-state index contributed by atoms with van der Waals surface area (Å²) in [6.07, 6.45) is 3.57. The molecule has 1 rings (SSSR count). The van der Waals surface area contributed by atoms with E-state index in [0.29, 0.717) is 6.42 Å². The molecule has 0 bridgehead atoms. The molecule has 4 heteroatoms. The van der Waals surface area contributed by atoms with Gasteiger partial charge in [-0.2, -0.15) is 5.26 Å². The van der Waals surface area contributed by atoms with E-state index in [4.69, 9.17) is 5.26 Å². The number of methoxy groups -OCH3 is 1. The van der Waals surface area contributed by atoms with Gasteiger partial charge in [0.25, 0.3) is 0 Å². The highest BCUT2D eigenvalue weighted by Gasteiger charge is 2.44. The van der Waals surface area contributed by atoms with Crippen molar-refractivity contribution in [1.29, 1.82) is 5.26 Å². The van der Waals surface area contributed by atoms with Gasteiger partial charge in [-0.25, -0.2) is 0 Å². The molecule has 0 aromatic carbocycles. The van der Waals surface area contributed by atoms with Gasteiger partial charge in [-0.3, -0.25) is 4.79 Å². The van der Waals surface area contributed by atoms with Gasteiger partial charge in [0.2, 0.25) is 0 Å². The average Bonchev–Trinajstić information content (AvgIpc) is 3.00. The van der Waals surface area contributed by atoms with E-state index >= 15 is 0 Å². The van der Waals surface area contributed by atoms with Crippen LogP contribution in [0, 0.1) is 16.7 Å². The smallest absolute Gasteiger partial charge is 0.306 e. The first-order valence-electron chi connectivity index (χ1n) is 5.24. The number of ether oxygens (including phenoxy) is 1. The summed E-state index contributed by atoms with van der Waals surface area (Å²) in [5, 5.41) is 8.88. The molecule has 0 aliphatic heterocycles. The Labute approximate surface area is 95.2 Å². The summed E-state index contributed by atoms with van der Waals surface area (Å²) < 4.78 is 4.67. The number of carbonyl (C=O) groups excluding carboxylic acids is 1. The van der Waals surface area contributed by atoms with Crippen LogP contribution in [-0.4, -0.2) is 24.1 Å². The first-order chi connectivity index (χ1) is 7.15. The van der Waals surface area contributed by atoms with E-state index in [1.165, 1.54) is 7.11 Å². The van der Waals surface area contributed by atoms with Crippen LogP contribution in [0.15, 0.2) is 0 Å². The summed E-state index contributed by atoms with van der Waals surface area (Å²) >= 11 is 1.67. The molecule has 0 aromatic rings. The highest BCUT2D eigenvalue weighted by Crippen LogP contribution is 2.51. The molecule has 1 atom stereocenters. The Morgan fingerprint density at radius 3 is 2.73 bits per heavy atom. The highest BCUT2D eigenvalue weighted by molar-refractivity contribution is 8.00. The molecule has 0 aromatic heterocycles. The van der Waals surface area contributed by atoms with Crippen molar-refractivity contribution in [2.24, 2.45) is 5.41 Å². The van der Waals surface area contributed by atoms with Crippen LogP contribution < -0.4 is 0 Å². The Bertz CT molecular complexity index is 268. The van der Waals surface area contributed by atoms with Gasteiger partial charge in [0.1, 0.15) is 0 Å². The molecule has 0 N–H and O–H groups in total. The van der Waals surface area contributed by atoms with Crippen molar-refractivity contribution in [2.45, 2.75) is 37.9 Å². The maximum atomic E-state index is 11.2. The van der Waals surface area contributed by atoms with Crippen molar-refractivity contribution in [3.8, 4) is 6.07 Å². The molecule has 1 aliphatic rings. The second-order valence-corrected chi connectivity index (χ2v) is 5.28. The van der Waals surface area contributed by atoms with E-state index in [-0.39, 0.29) is 16.6 Å². The Morgan fingerprint density at radius 1 is 1.67 bits per heavy atom. The molecule has 0 saturated heterocycles. The molecular weight excluding hydrogens is 210 g/mol. The zero-order valence-corrected chi connectivity index (χ0v) is 10.1. The Hall–Kier alpha value is -0.690. The van der Waals surface area contributed by atoms with Gasteiger partial charge in [0.05, 0.1) is 24.8 Å². The largest absolute Gasteiger partial charge is 0.469 e. The normalized spacial score (nSPS) is 19.0. The fourth-order valence-electron chi connectivity index (χ4n) is 1.45. The van der Waals surface area contributed by atoms with E-state index in [1.54, 1.807) is 11.8 Å². The van der Waals surface area contributed by atoms with Crippen LogP contribution in [0.5, 0.6) is 0 Å². The molecule has 0 spiro atoms. The van der Waals surface area contributed by atoms with Gasteiger partial charge in [0.15, 0.2) is 0 Å². The third-order valence-electron chi connectivity index (χ3n) is 2.81. The van der Waals surface area contributed by atoms with Crippen molar-refractivity contribution in [2.75, 3.05) is 12.9 Å². The minimum Gasteiger partial charge on any atom is -0.469 e. The summed E-state index contributed by atoms with van der Waals surface area (Å²) in [4.78, 5) is 11.2. The van der Waals surface area contributed by atoms with Crippen LogP contribution in [0.1, 0.15) is 32.6 Å². The lowest BCUT2D eigenvalue weighted by atomic mass is 10.1. The number of rotatable bonds is 6. The van der Waals surface area contributed by atoms with Gasteiger partial charge >= 0.3 is 5.97 Å². The van der Waals surface area contributed by atoms with Crippen molar-refractivity contribution in [3.05, 3.63) is 0 Å². The zero-order chi connectivity index (χ0) is 11.3. The lowest BCUT2D eigenvalue weighted by molar-refractivity contribution is -0.141. The van der Waals surface area contributed by atoms with E-state index in [9.17, 15) is 4.79 Å². The summed E-state index contributed by atoms with van der Waals surface area (Å²) in [6, 6.07) is 2.27. The van der Waals surface area contributed by atoms with E-state index in [0.717, 1.165) is 25.0 Å². The van der Waals surface area contributed by atoms with Crippen molar-refractivity contribution < 1.29 is 9.53 Å². The van der Waals surface area contributed by atoms with E-state index in [2.05, 4.69) is 10.8 Å². The van der Waals surface area contributed by atoms with Gasteiger partial charge in [-0.15, -0.1) is 11.8 Å². The number of thioether (sulfide) groups is 1. The summed E-state index contributed by atoms with van der Waals surface area (Å²) in [5.41, 5.74) is 0.141. The number of carbonyl (C=O) groups is 1. The molecule has 1 unspecified atom stereocenters. The van der Waals surface area contributed by atoms with Gasteiger partial charge < -0.3 is 4.74 Å². The van der Waals surface area contributed by atoms with Crippen LogP contribution in [0.3, 0.4) is 0 Å². The van der Waals surface area contributed by atoms with Crippen molar-refractivity contribution in [1.82, 2.24) is 0 Å². The highest BCUT2D eigenvalue weighted by atomic mass is 32.2. The summed E-state index contributed by atoms with van der Waals surface area (Å²) in [5.74, 6) is 0.784. The molecule has 1 saturated carbocycles. The molecule has 1 fully saturated rings. The average molecular weight is 227 g/mol. The molecule has 15 heavy (non-hydrogen) atoms. The summed E-state index contributed by atoms with van der Waals surface area (Å²) in [7, 11) is 1.43. The predicted octanol–water partition coefficient (Wildman–Crippen LogP) is 2.37. The fourth-order valence-corrected chi connectivity index (χ4v) is 2.71. The zero-order valence-electron chi connectivity index (χ0n) is 9.28. The second kappa shape index (κ2) is 5.41. The third kappa shape index (κ3) is 3.75. The first kappa shape index (κ1) is 12.4. The Morgan fingerprint density at radius 2 is 2.33 bits per heavy atom. The Kier molecular flexibility index (Phi) is 4.46. The number of esters is 1. The lowest BCUT2D eigenvalue weighted by Crippen LogP contribution is -2.14. The molecule has 84 valence electrons. The molecule has 1 aliphatic carbocycles. The molecule has 0 heterocycles. The maximum Gasteiger partial charge on any atom is 0.306 e. The van der Waals surface area contributed by atoms with E-state index in [1.807, 2.05) is 6.92 Å². The van der Waals surface area contributed by atoms with Gasteiger partial charge in [-0.05, 0) is 24.7 Å². The first-order valence-corrected chi connectivity index (χ1v) is 6.29. The molecule has 0 radical (unpaired) electrons. The lowest BCUT2D eigenvalue weighted by Gasteiger charge is -2.14. The van der Waals surface area contributed by atoms with Gasteiger partial charge in [-0.1, -0.05) is 6.92 Å². The van der Waals surface area contributed by atoms with Crippen LogP contribution in [0.2, 0.25) is 0 Å². The number of hydrogen-bond donors (Lipinski definition) is 0. The quantitative estimate of drug-likeness (QED) is 0.654. The summed E-state index contributed by atoms with van der Waals surface area (Å²) in [6.45, 7) is 2.01. The molecular formula is C11H17NO2S. The minimum absolute atomic E-state index is 0.0696.